The van der Waals surface area contributed by atoms with E-state index in [0.717, 1.165) is 32.8 Å². The highest BCUT2D eigenvalue weighted by Crippen LogP contribution is 2.25. The van der Waals surface area contributed by atoms with Gasteiger partial charge < -0.3 is 10.2 Å². The maximum absolute atomic E-state index is 13.5. The Morgan fingerprint density at radius 3 is 2.12 bits per heavy atom. The number of nitrogens with zero attached hydrogens (tertiary/aromatic N) is 2. The molecule has 2 amide bonds. The normalized spacial score (nSPS) is 12.2. The fraction of sp³-hybridized carbons (Fsp3) is 0.417. The molecule has 0 heterocycles. The molecule has 1 unspecified atom stereocenters. The van der Waals surface area contributed by atoms with Crippen molar-refractivity contribution in [2.45, 2.75) is 46.7 Å². The van der Waals surface area contributed by atoms with Crippen LogP contribution in [0.4, 0.5) is 5.69 Å². The van der Waals surface area contributed by atoms with Crippen LogP contribution in [-0.2, 0) is 26.2 Å². The van der Waals surface area contributed by atoms with E-state index in [-0.39, 0.29) is 19.0 Å². The summed E-state index contributed by atoms with van der Waals surface area (Å²) in [7, 11) is -2.21. The van der Waals surface area contributed by atoms with Gasteiger partial charge in [0.05, 0.1) is 11.9 Å². The molecule has 0 aliphatic heterocycles. The van der Waals surface area contributed by atoms with Crippen molar-refractivity contribution in [3.8, 4) is 0 Å². The highest BCUT2D eigenvalue weighted by atomic mass is 32.2. The first-order valence-corrected chi connectivity index (χ1v) is 12.4. The van der Waals surface area contributed by atoms with E-state index in [4.69, 9.17) is 0 Å². The Hall–Kier alpha value is -2.87. The third kappa shape index (κ3) is 6.32. The summed E-state index contributed by atoms with van der Waals surface area (Å²) in [5.41, 5.74) is 4.05. The van der Waals surface area contributed by atoms with Gasteiger partial charge in [-0.05, 0) is 49.9 Å². The Morgan fingerprint density at radius 1 is 1.00 bits per heavy atom. The van der Waals surface area contributed by atoms with Gasteiger partial charge in [-0.2, -0.15) is 0 Å². The van der Waals surface area contributed by atoms with E-state index in [0.29, 0.717) is 12.1 Å². The third-order valence-corrected chi connectivity index (χ3v) is 6.54. The smallest absolute Gasteiger partial charge is 0.244 e. The van der Waals surface area contributed by atoms with Crippen molar-refractivity contribution < 1.29 is 18.0 Å². The molecular weight excluding hydrogens is 426 g/mol. The Bertz CT molecular complexity index is 1070. The number of carbonyl (C=O) groups is 2. The number of anilines is 1. The number of likely N-dealkylation sites (N-methyl/N-ethyl adjacent to an activating group) is 1. The second-order valence-electron chi connectivity index (χ2n) is 8.11. The zero-order valence-corrected chi connectivity index (χ0v) is 20.5. The zero-order chi connectivity index (χ0) is 24.1. The van der Waals surface area contributed by atoms with Crippen LogP contribution in [0.1, 0.15) is 35.6 Å². The number of nitrogens with one attached hydrogen (secondary N) is 1. The van der Waals surface area contributed by atoms with Gasteiger partial charge in [0.15, 0.2) is 0 Å². The monoisotopic (exact) mass is 459 g/mol. The molecule has 0 aliphatic carbocycles. The fourth-order valence-electron chi connectivity index (χ4n) is 3.56. The number of sulfonamides is 1. The van der Waals surface area contributed by atoms with Crippen molar-refractivity contribution in [1.29, 1.82) is 0 Å². The summed E-state index contributed by atoms with van der Waals surface area (Å²) in [6.07, 6.45) is 1.49. The number of hydrogen-bond acceptors (Lipinski definition) is 4. The molecule has 7 nitrogen and oxygen atoms in total. The van der Waals surface area contributed by atoms with Crippen LogP contribution in [0.5, 0.6) is 0 Å². The standard InChI is InChI=1S/C24H33N3O4S/c1-7-21(24(29)25-5)26(15-20-12-9-17(2)10-13-20)23(28)16-27(32(6,30)31)22-14-18(3)8-11-19(22)4/h8-14,21H,7,15-16H2,1-6H3,(H,25,29). The molecule has 0 saturated heterocycles. The lowest BCUT2D eigenvalue weighted by Crippen LogP contribution is -2.51. The molecule has 1 N–H and O–H groups in total. The SMILES string of the molecule is CCC(C(=O)NC)N(Cc1ccc(C)cc1)C(=O)CN(c1cc(C)ccc1C)S(C)(=O)=O. The summed E-state index contributed by atoms with van der Waals surface area (Å²) in [5, 5.41) is 2.61. The van der Waals surface area contributed by atoms with Gasteiger partial charge in [0, 0.05) is 13.6 Å². The summed E-state index contributed by atoms with van der Waals surface area (Å²) in [4.78, 5) is 27.5. The van der Waals surface area contributed by atoms with E-state index < -0.39 is 22.0 Å². The minimum Gasteiger partial charge on any atom is -0.357 e. The molecule has 0 bridgehead atoms. The molecule has 0 spiro atoms. The molecule has 2 aromatic carbocycles. The second-order valence-corrected chi connectivity index (χ2v) is 10.0. The first-order valence-electron chi connectivity index (χ1n) is 10.6. The lowest BCUT2D eigenvalue weighted by atomic mass is 10.1. The van der Waals surface area contributed by atoms with Gasteiger partial charge in [-0.1, -0.05) is 48.9 Å². The summed E-state index contributed by atoms with van der Waals surface area (Å²) in [6, 6.07) is 12.5. The molecule has 32 heavy (non-hydrogen) atoms. The lowest BCUT2D eigenvalue weighted by molar-refractivity contribution is -0.140. The van der Waals surface area contributed by atoms with Crippen molar-refractivity contribution in [3.05, 3.63) is 64.7 Å². The van der Waals surface area contributed by atoms with Crippen LogP contribution < -0.4 is 9.62 Å². The van der Waals surface area contributed by atoms with Crippen molar-refractivity contribution in [2.75, 3.05) is 24.2 Å². The lowest BCUT2D eigenvalue weighted by Gasteiger charge is -2.33. The predicted molar refractivity (Wildman–Crippen MR) is 128 cm³/mol. The number of amides is 2. The van der Waals surface area contributed by atoms with Gasteiger partial charge in [-0.25, -0.2) is 8.42 Å². The van der Waals surface area contributed by atoms with Crippen molar-refractivity contribution in [3.63, 3.8) is 0 Å². The van der Waals surface area contributed by atoms with Gasteiger partial charge in [0.1, 0.15) is 12.6 Å². The zero-order valence-electron chi connectivity index (χ0n) is 19.7. The van der Waals surface area contributed by atoms with E-state index in [2.05, 4.69) is 5.32 Å². The molecule has 0 aromatic heterocycles. The van der Waals surface area contributed by atoms with Crippen LogP contribution in [0.3, 0.4) is 0 Å². The molecule has 2 rings (SSSR count). The number of aryl methyl sites for hydroxylation is 3. The minimum absolute atomic E-state index is 0.204. The Kier molecular flexibility index (Phi) is 8.44. The van der Waals surface area contributed by atoms with Crippen LogP contribution in [0.2, 0.25) is 0 Å². The van der Waals surface area contributed by atoms with Crippen molar-refractivity contribution >= 4 is 27.5 Å². The Morgan fingerprint density at radius 2 is 1.59 bits per heavy atom. The Balaban J connectivity index is 2.46. The highest BCUT2D eigenvalue weighted by molar-refractivity contribution is 7.92. The average molecular weight is 460 g/mol. The summed E-state index contributed by atoms with van der Waals surface area (Å²) >= 11 is 0. The van der Waals surface area contributed by atoms with Gasteiger partial charge in [0.25, 0.3) is 0 Å². The molecule has 0 fully saturated rings. The number of hydrogen-bond donors (Lipinski definition) is 1. The molecule has 1 atom stereocenters. The molecule has 8 heteroatoms. The van der Waals surface area contributed by atoms with Gasteiger partial charge in [-0.3, -0.25) is 13.9 Å². The largest absolute Gasteiger partial charge is 0.357 e. The maximum Gasteiger partial charge on any atom is 0.244 e. The van der Waals surface area contributed by atoms with Crippen molar-refractivity contribution in [1.82, 2.24) is 10.2 Å². The van der Waals surface area contributed by atoms with E-state index >= 15 is 0 Å². The predicted octanol–water partition coefficient (Wildman–Crippen LogP) is 2.93. The Labute approximate surface area is 191 Å². The second kappa shape index (κ2) is 10.6. The molecular formula is C24H33N3O4S. The van der Waals surface area contributed by atoms with Crippen molar-refractivity contribution in [2.24, 2.45) is 0 Å². The number of rotatable bonds is 9. The van der Waals surface area contributed by atoms with Crippen LogP contribution in [0, 0.1) is 20.8 Å². The van der Waals surface area contributed by atoms with E-state index in [1.165, 1.54) is 11.9 Å². The first kappa shape index (κ1) is 25.4. The molecule has 0 aliphatic rings. The minimum atomic E-state index is -3.74. The first-order chi connectivity index (χ1) is 15.0. The molecule has 0 saturated carbocycles. The third-order valence-electron chi connectivity index (χ3n) is 5.42. The van der Waals surface area contributed by atoms with Gasteiger partial charge >= 0.3 is 0 Å². The van der Waals surface area contributed by atoms with E-state index in [1.54, 1.807) is 13.0 Å². The topological polar surface area (TPSA) is 86.8 Å². The quantitative estimate of drug-likeness (QED) is 0.625. The van der Waals surface area contributed by atoms with Crippen LogP contribution >= 0.6 is 0 Å². The number of benzene rings is 2. The number of carbonyl (C=O) groups excluding carboxylic acids is 2. The van der Waals surface area contributed by atoms with Crippen LogP contribution in [0.15, 0.2) is 42.5 Å². The summed E-state index contributed by atoms with van der Waals surface area (Å²) < 4.78 is 26.4. The van der Waals surface area contributed by atoms with Crippen LogP contribution in [-0.4, -0.2) is 51.0 Å². The van der Waals surface area contributed by atoms with Crippen LogP contribution in [0.25, 0.3) is 0 Å². The average Bonchev–Trinajstić information content (AvgIpc) is 2.73. The molecule has 174 valence electrons. The highest BCUT2D eigenvalue weighted by Gasteiger charge is 2.31. The molecule has 2 aromatic rings. The fourth-order valence-corrected chi connectivity index (χ4v) is 4.46. The van der Waals surface area contributed by atoms with E-state index in [9.17, 15) is 18.0 Å². The molecule has 0 radical (unpaired) electrons. The summed E-state index contributed by atoms with van der Waals surface area (Å²) in [6.45, 7) is 7.29. The van der Waals surface area contributed by atoms with E-state index in [1.807, 2.05) is 57.2 Å². The maximum atomic E-state index is 13.5. The summed E-state index contributed by atoms with van der Waals surface area (Å²) in [5.74, 6) is -0.724. The van der Waals surface area contributed by atoms with Gasteiger partial charge in [-0.15, -0.1) is 0 Å². The van der Waals surface area contributed by atoms with Gasteiger partial charge in [0.2, 0.25) is 21.8 Å².